The maximum atomic E-state index is 12.8. The van der Waals surface area contributed by atoms with Gasteiger partial charge < -0.3 is 14.4 Å². The van der Waals surface area contributed by atoms with Crippen LogP contribution in [0.3, 0.4) is 0 Å². The van der Waals surface area contributed by atoms with Crippen LogP contribution in [0.25, 0.3) is 0 Å². The molecule has 2 aromatic carbocycles. The summed E-state index contributed by atoms with van der Waals surface area (Å²) < 4.78 is 10.5. The van der Waals surface area contributed by atoms with Crippen molar-refractivity contribution in [2.24, 2.45) is 0 Å². The van der Waals surface area contributed by atoms with Crippen LogP contribution in [0.5, 0.6) is 5.75 Å². The van der Waals surface area contributed by atoms with Crippen LogP contribution in [0, 0.1) is 0 Å². The van der Waals surface area contributed by atoms with Gasteiger partial charge in [-0.3, -0.25) is 9.59 Å². The molecule has 7 heteroatoms. The van der Waals surface area contributed by atoms with E-state index in [4.69, 9.17) is 21.1 Å². The maximum Gasteiger partial charge on any atom is 0.328 e. The molecular weight excluding hydrogens is 382 g/mol. The van der Waals surface area contributed by atoms with Gasteiger partial charge in [-0.1, -0.05) is 35.9 Å². The molecule has 0 saturated carbocycles. The second-order valence-electron chi connectivity index (χ2n) is 6.52. The number of amides is 1. The minimum absolute atomic E-state index is 0.218. The number of ether oxygens (including phenoxy) is 2. The minimum Gasteiger partial charge on any atom is -0.483 e. The van der Waals surface area contributed by atoms with E-state index in [-0.39, 0.29) is 30.6 Å². The molecule has 0 saturated heterocycles. The highest BCUT2D eigenvalue weighted by molar-refractivity contribution is 6.31. The number of nitrogens with zero attached hydrogens (tertiary/aromatic N) is 1. The average Bonchev–Trinajstić information content (AvgIpc) is 2.70. The Balaban J connectivity index is 1.79. The van der Waals surface area contributed by atoms with E-state index in [1.165, 1.54) is 25.0 Å². The van der Waals surface area contributed by atoms with Crippen molar-refractivity contribution in [1.29, 1.82) is 0 Å². The van der Waals surface area contributed by atoms with Crippen molar-refractivity contribution in [2.45, 2.75) is 25.9 Å². The van der Waals surface area contributed by atoms with Crippen molar-refractivity contribution in [3.63, 3.8) is 0 Å². The van der Waals surface area contributed by atoms with E-state index in [1.807, 2.05) is 24.3 Å². The molecule has 0 aromatic heterocycles. The first-order chi connectivity index (χ1) is 13.4. The number of carbonyl (C=O) groups is 3. The minimum atomic E-state index is -0.714. The second-order valence-corrected chi connectivity index (χ2v) is 6.96. The fourth-order valence-electron chi connectivity index (χ4n) is 3.26. The van der Waals surface area contributed by atoms with Gasteiger partial charge in [-0.15, -0.1) is 0 Å². The summed E-state index contributed by atoms with van der Waals surface area (Å²) >= 11 is 5.93. The van der Waals surface area contributed by atoms with Gasteiger partial charge in [0.15, 0.2) is 12.4 Å². The van der Waals surface area contributed by atoms with Gasteiger partial charge in [0, 0.05) is 18.0 Å². The van der Waals surface area contributed by atoms with E-state index in [9.17, 15) is 14.4 Å². The Morgan fingerprint density at radius 2 is 1.86 bits per heavy atom. The van der Waals surface area contributed by atoms with E-state index in [2.05, 4.69) is 0 Å². The van der Waals surface area contributed by atoms with Crippen molar-refractivity contribution in [1.82, 2.24) is 4.90 Å². The summed E-state index contributed by atoms with van der Waals surface area (Å²) in [6, 6.07) is 11.6. The lowest BCUT2D eigenvalue weighted by Crippen LogP contribution is -2.50. The lowest BCUT2D eigenvalue weighted by molar-refractivity contribution is -0.154. The van der Waals surface area contributed by atoms with Crippen molar-refractivity contribution >= 4 is 29.3 Å². The Morgan fingerprint density at radius 3 is 2.54 bits per heavy atom. The summed E-state index contributed by atoms with van der Waals surface area (Å²) in [6.45, 7) is 1.38. The lowest BCUT2D eigenvalue weighted by atomic mass is 9.94. The summed E-state index contributed by atoms with van der Waals surface area (Å²) in [7, 11) is 1.30. The van der Waals surface area contributed by atoms with Crippen molar-refractivity contribution in [3.05, 3.63) is 64.2 Å². The first-order valence-electron chi connectivity index (χ1n) is 8.78. The zero-order chi connectivity index (χ0) is 20.3. The van der Waals surface area contributed by atoms with E-state index >= 15 is 0 Å². The average molecular weight is 402 g/mol. The molecule has 0 aliphatic carbocycles. The first kappa shape index (κ1) is 19.9. The number of rotatable bonds is 5. The number of hydrogen-bond acceptors (Lipinski definition) is 5. The number of hydrogen-bond donors (Lipinski definition) is 0. The first-order valence-corrected chi connectivity index (χ1v) is 9.16. The predicted molar refractivity (Wildman–Crippen MR) is 103 cm³/mol. The summed E-state index contributed by atoms with van der Waals surface area (Å²) in [5, 5.41) is 0.405. The molecule has 6 nitrogen and oxygen atoms in total. The Bertz CT molecular complexity index is 927. The SMILES string of the molecule is COC(=O)[C@H]1Cc2ccccc2CN1C(=O)COc1ccc(Cl)cc1C(C)=O. The Labute approximate surface area is 168 Å². The number of methoxy groups -OCH3 is 1. The van der Waals surface area contributed by atoms with Crippen LogP contribution in [0.4, 0.5) is 0 Å². The van der Waals surface area contributed by atoms with Crippen LogP contribution in [-0.4, -0.2) is 42.3 Å². The molecule has 1 amide bonds. The molecule has 0 unspecified atom stereocenters. The van der Waals surface area contributed by atoms with Gasteiger partial charge in [0.1, 0.15) is 11.8 Å². The van der Waals surface area contributed by atoms with Crippen LogP contribution >= 0.6 is 11.6 Å². The maximum absolute atomic E-state index is 12.8. The zero-order valence-electron chi connectivity index (χ0n) is 15.6. The van der Waals surface area contributed by atoms with Gasteiger partial charge in [-0.05, 0) is 36.2 Å². The van der Waals surface area contributed by atoms with Gasteiger partial charge in [-0.2, -0.15) is 0 Å². The number of ketones is 1. The molecule has 1 aliphatic rings. The van der Waals surface area contributed by atoms with E-state index < -0.39 is 12.0 Å². The van der Waals surface area contributed by atoms with Crippen molar-refractivity contribution in [2.75, 3.05) is 13.7 Å². The molecule has 3 rings (SSSR count). The third-order valence-electron chi connectivity index (χ3n) is 4.71. The van der Waals surface area contributed by atoms with E-state index in [0.717, 1.165) is 11.1 Å². The summed E-state index contributed by atoms with van der Waals surface area (Å²) in [5.41, 5.74) is 2.29. The third kappa shape index (κ3) is 4.17. The number of halogens is 1. The number of esters is 1. The standard InChI is InChI=1S/C21H20ClNO5/c1-13(24)17-10-16(22)7-8-19(17)28-12-20(25)23-11-15-6-4-3-5-14(15)9-18(23)21(26)27-2/h3-8,10,18H,9,11-12H2,1-2H3/t18-/m1/s1. The highest BCUT2D eigenvalue weighted by Crippen LogP contribution is 2.26. The summed E-state index contributed by atoms with van der Waals surface area (Å²) in [5.74, 6) is -0.783. The van der Waals surface area contributed by atoms with Crippen LogP contribution < -0.4 is 4.74 Å². The van der Waals surface area contributed by atoms with Crippen LogP contribution in [-0.2, 0) is 27.3 Å². The smallest absolute Gasteiger partial charge is 0.328 e. The quantitative estimate of drug-likeness (QED) is 0.568. The monoisotopic (exact) mass is 401 g/mol. The third-order valence-corrected chi connectivity index (χ3v) is 4.95. The molecule has 146 valence electrons. The fourth-order valence-corrected chi connectivity index (χ4v) is 3.43. The molecule has 0 spiro atoms. The Hall–Kier alpha value is -2.86. The highest BCUT2D eigenvalue weighted by Gasteiger charge is 2.35. The van der Waals surface area contributed by atoms with E-state index in [1.54, 1.807) is 12.1 Å². The van der Waals surface area contributed by atoms with Crippen LogP contribution in [0.1, 0.15) is 28.4 Å². The Morgan fingerprint density at radius 1 is 1.14 bits per heavy atom. The van der Waals surface area contributed by atoms with Crippen molar-refractivity contribution < 1.29 is 23.9 Å². The van der Waals surface area contributed by atoms with Crippen molar-refractivity contribution in [3.8, 4) is 5.75 Å². The van der Waals surface area contributed by atoms with Gasteiger partial charge in [0.2, 0.25) is 0 Å². The lowest BCUT2D eigenvalue weighted by Gasteiger charge is -2.35. The molecule has 0 fully saturated rings. The van der Waals surface area contributed by atoms with Gasteiger partial charge in [0.05, 0.1) is 12.7 Å². The largest absolute Gasteiger partial charge is 0.483 e. The fraction of sp³-hybridized carbons (Fsp3) is 0.286. The van der Waals surface area contributed by atoms with Gasteiger partial charge >= 0.3 is 5.97 Å². The number of benzene rings is 2. The molecule has 0 radical (unpaired) electrons. The summed E-state index contributed by atoms with van der Waals surface area (Å²) in [4.78, 5) is 38.3. The Kier molecular flexibility index (Phi) is 5.99. The van der Waals surface area contributed by atoms with Crippen LogP contribution in [0.2, 0.25) is 5.02 Å². The topological polar surface area (TPSA) is 72.9 Å². The molecule has 1 aliphatic heterocycles. The number of Topliss-reactive ketones (excluding diaryl/α,β-unsaturated/α-hetero) is 1. The molecule has 1 atom stereocenters. The second kappa shape index (κ2) is 8.44. The predicted octanol–water partition coefficient (Wildman–Crippen LogP) is 3.05. The van der Waals surface area contributed by atoms with Crippen LogP contribution in [0.15, 0.2) is 42.5 Å². The molecule has 0 N–H and O–H groups in total. The molecule has 1 heterocycles. The highest BCUT2D eigenvalue weighted by atomic mass is 35.5. The molecular formula is C21H20ClNO5. The molecule has 2 aromatic rings. The number of carbonyl (C=O) groups excluding carboxylic acids is 3. The molecule has 0 bridgehead atoms. The number of fused-ring (bicyclic) bond motifs is 1. The van der Waals surface area contributed by atoms with Gasteiger partial charge in [0.25, 0.3) is 5.91 Å². The normalized spacial score (nSPS) is 15.5. The van der Waals surface area contributed by atoms with Gasteiger partial charge in [-0.25, -0.2) is 4.79 Å². The summed E-state index contributed by atoms with van der Waals surface area (Å²) in [6.07, 6.45) is 0.383. The zero-order valence-corrected chi connectivity index (χ0v) is 16.4. The molecule has 28 heavy (non-hydrogen) atoms. The van der Waals surface area contributed by atoms with E-state index in [0.29, 0.717) is 17.0 Å².